The number of carboxylic acid groups (broad SMARTS) is 1. The number of carbonyl (C=O) groups excluding carboxylic acids is 1. The third-order valence-corrected chi connectivity index (χ3v) is 4.76. The quantitative estimate of drug-likeness (QED) is 0.821. The summed E-state index contributed by atoms with van der Waals surface area (Å²) in [6.07, 6.45) is 4.79. The van der Waals surface area contributed by atoms with Crippen LogP contribution in [0.5, 0.6) is 0 Å². The van der Waals surface area contributed by atoms with Gasteiger partial charge in [0.2, 0.25) is 5.91 Å². The Labute approximate surface area is 129 Å². The SMILES string of the molecule is CSc1ccc(CNC(=O)C2CCCC(C(=O)O)C2)cc1. The van der Waals surface area contributed by atoms with Crippen molar-refractivity contribution in [2.75, 3.05) is 6.26 Å². The summed E-state index contributed by atoms with van der Waals surface area (Å²) in [5.41, 5.74) is 1.06. The van der Waals surface area contributed by atoms with Crippen molar-refractivity contribution in [2.45, 2.75) is 37.1 Å². The van der Waals surface area contributed by atoms with Crippen LogP contribution in [-0.4, -0.2) is 23.2 Å². The lowest BCUT2D eigenvalue weighted by atomic mass is 9.81. The zero-order valence-electron chi connectivity index (χ0n) is 12.2. The molecule has 2 unspecified atom stereocenters. The molecular formula is C16H21NO3S. The van der Waals surface area contributed by atoms with Crippen molar-refractivity contribution in [1.82, 2.24) is 5.32 Å². The van der Waals surface area contributed by atoms with Crippen LogP contribution in [0.3, 0.4) is 0 Å². The fraction of sp³-hybridized carbons (Fsp3) is 0.500. The number of hydrogen-bond donors (Lipinski definition) is 2. The zero-order chi connectivity index (χ0) is 15.2. The maximum Gasteiger partial charge on any atom is 0.306 e. The number of rotatable bonds is 5. The van der Waals surface area contributed by atoms with E-state index < -0.39 is 5.97 Å². The number of nitrogens with one attached hydrogen (secondary N) is 1. The first kappa shape index (κ1) is 15.9. The summed E-state index contributed by atoms with van der Waals surface area (Å²) in [4.78, 5) is 24.4. The summed E-state index contributed by atoms with van der Waals surface area (Å²) in [7, 11) is 0. The first-order chi connectivity index (χ1) is 10.1. The van der Waals surface area contributed by atoms with Crippen LogP contribution in [-0.2, 0) is 16.1 Å². The lowest BCUT2D eigenvalue weighted by molar-refractivity contribution is -0.144. The monoisotopic (exact) mass is 307 g/mol. The number of thioether (sulfide) groups is 1. The molecule has 21 heavy (non-hydrogen) atoms. The molecule has 1 aromatic carbocycles. The normalized spacial score (nSPS) is 21.8. The molecule has 1 fully saturated rings. The van der Waals surface area contributed by atoms with E-state index >= 15 is 0 Å². The Kier molecular flexibility index (Phi) is 5.67. The average molecular weight is 307 g/mol. The highest BCUT2D eigenvalue weighted by Crippen LogP contribution is 2.29. The Balaban J connectivity index is 1.84. The van der Waals surface area contributed by atoms with Crippen LogP contribution in [0, 0.1) is 11.8 Å². The highest BCUT2D eigenvalue weighted by molar-refractivity contribution is 7.98. The third kappa shape index (κ3) is 4.49. The van der Waals surface area contributed by atoms with Gasteiger partial charge in [0.15, 0.2) is 0 Å². The van der Waals surface area contributed by atoms with Crippen LogP contribution >= 0.6 is 11.8 Å². The number of carboxylic acids is 1. The number of amides is 1. The molecule has 2 rings (SSSR count). The minimum atomic E-state index is -0.778. The third-order valence-electron chi connectivity index (χ3n) is 4.02. The van der Waals surface area contributed by atoms with Crippen molar-refractivity contribution in [1.29, 1.82) is 0 Å². The van der Waals surface area contributed by atoms with Gasteiger partial charge >= 0.3 is 5.97 Å². The highest BCUT2D eigenvalue weighted by Gasteiger charge is 2.30. The molecule has 0 spiro atoms. The van der Waals surface area contributed by atoms with Crippen LogP contribution < -0.4 is 5.32 Å². The molecule has 0 heterocycles. The number of benzene rings is 1. The summed E-state index contributed by atoms with van der Waals surface area (Å²) in [6, 6.07) is 8.08. The minimum absolute atomic E-state index is 0.0186. The van der Waals surface area contributed by atoms with E-state index in [9.17, 15) is 9.59 Å². The lowest BCUT2D eigenvalue weighted by Crippen LogP contribution is -2.35. The van der Waals surface area contributed by atoms with Crippen LogP contribution in [0.4, 0.5) is 0 Å². The first-order valence-corrected chi connectivity index (χ1v) is 8.46. The van der Waals surface area contributed by atoms with E-state index in [1.807, 2.05) is 30.5 Å². The second kappa shape index (κ2) is 7.50. The molecule has 2 N–H and O–H groups in total. The summed E-state index contributed by atoms with van der Waals surface area (Å²) >= 11 is 1.68. The predicted octanol–water partition coefficient (Wildman–Crippen LogP) is 2.92. The van der Waals surface area contributed by atoms with Crippen molar-refractivity contribution in [3.63, 3.8) is 0 Å². The van der Waals surface area contributed by atoms with Gasteiger partial charge in [-0.05, 0) is 43.2 Å². The van der Waals surface area contributed by atoms with Gasteiger partial charge in [-0.25, -0.2) is 0 Å². The molecule has 5 heteroatoms. The van der Waals surface area contributed by atoms with Crippen LogP contribution in [0.25, 0.3) is 0 Å². The molecule has 0 bridgehead atoms. The predicted molar refractivity (Wildman–Crippen MR) is 83.2 cm³/mol. The molecule has 1 saturated carbocycles. The smallest absolute Gasteiger partial charge is 0.306 e. The van der Waals surface area contributed by atoms with Gasteiger partial charge in [0.05, 0.1) is 5.92 Å². The fourth-order valence-corrected chi connectivity index (χ4v) is 3.14. The molecule has 114 valence electrons. The summed E-state index contributed by atoms with van der Waals surface area (Å²) in [5, 5.41) is 12.0. The topological polar surface area (TPSA) is 66.4 Å². The second-order valence-corrected chi connectivity index (χ2v) is 6.34. The molecular weight excluding hydrogens is 286 g/mol. The Bertz CT molecular complexity index is 501. The van der Waals surface area contributed by atoms with Crippen molar-refractivity contribution in [3.05, 3.63) is 29.8 Å². The van der Waals surface area contributed by atoms with Gasteiger partial charge in [0.1, 0.15) is 0 Å². The Morgan fingerprint density at radius 1 is 1.24 bits per heavy atom. The fourth-order valence-electron chi connectivity index (χ4n) is 2.73. The summed E-state index contributed by atoms with van der Waals surface area (Å²) in [5.74, 6) is -1.32. The van der Waals surface area contributed by atoms with Crippen molar-refractivity contribution in [3.8, 4) is 0 Å². The number of aliphatic carboxylic acids is 1. The van der Waals surface area contributed by atoms with Crippen LogP contribution in [0.2, 0.25) is 0 Å². The maximum absolute atomic E-state index is 12.2. The molecule has 1 aliphatic carbocycles. The average Bonchev–Trinajstić information content (AvgIpc) is 2.53. The molecule has 4 nitrogen and oxygen atoms in total. The number of hydrogen-bond acceptors (Lipinski definition) is 3. The van der Waals surface area contributed by atoms with Gasteiger partial charge in [0, 0.05) is 17.4 Å². The highest BCUT2D eigenvalue weighted by atomic mass is 32.2. The van der Waals surface area contributed by atoms with Crippen LogP contribution in [0.1, 0.15) is 31.2 Å². The Hall–Kier alpha value is -1.49. The molecule has 1 amide bonds. The van der Waals surface area contributed by atoms with Crippen molar-refractivity contribution >= 4 is 23.6 Å². The van der Waals surface area contributed by atoms with Gasteiger partial charge in [-0.2, -0.15) is 0 Å². The zero-order valence-corrected chi connectivity index (χ0v) is 13.0. The molecule has 0 aromatic heterocycles. The Morgan fingerprint density at radius 2 is 1.90 bits per heavy atom. The van der Waals surface area contributed by atoms with E-state index in [0.29, 0.717) is 19.4 Å². The van der Waals surface area contributed by atoms with E-state index in [-0.39, 0.29) is 17.7 Å². The van der Waals surface area contributed by atoms with E-state index in [1.54, 1.807) is 11.8 Å². The van der Waals surface area contributed by atoms with Crippen LogP contribution in [0.15, 0.2) is 29.2 Å². The summed E-state index contributed by atoms with van der Waals surface area (Å²) in [6.45, 7) is 0.502. The number of carbonyl (C=O) groups is 2. The van der Waals surface area contributed by atoms with Crippen molar-refractivity contribution < 1.29 is 14.7 Å². The lowest BCUT2D eigenvalue weighted by Gasteiger charge is -2.25. The second-order valence-electron chi connectivity index (χ2n) is 5.46. The molecule has 1 aromatic rings. The standard InChI is InChI=1S/C16H21NO3S/c1-21-14-7-5-11(6-8-14)10-17-15(18)12-3-2-4-13(9-12)16(19)20/h5-8,12-13H,2-4,9-10H2,1H3,(H,17,18)(H,19,20). The molecule has 0 saturated heterocycles. The van der Waals surface area contributed by atoms with E-state index in [0.717, 1.165) is 18.4 Å². The molecule has 0 aliphatic heterocycles. The van der Waals surface area contributed by atoms with Gasteiger partial charge in [-0.1, -0.05) is 18.6 Å². The van der Waals surface area contributed by atoms with Gasteiger partial charge < -0.3 is 10.4 Å². The van der Waals surface area contributed by atoms with Crippen molar-refractivity contribution in [2.24, 2.45) is 11.8 Å². The first-order valence-electron chi connectivity index (χ1n) is 7.23. The Morgan fingerprint density at radius 3 is 2.52 bits per heavy atom. The van der Waals surface area contributed by atoms with E-state index in [1.165, 1.54) is 4.90 Å². The summed E-state index contributed by atoms with van der Waals surface area (Å²) < 4.78 is 0. The molecule has 2 atom stereocenters. The van der Waals surface area contributed by atoms with Gasteiger partial charge in [-0.15, -0.1) is 11.8 Å². The van der Waals surface area contributed by atoms with E-state index in [2.05, 4.69) is 5.32 Å². The van der Waals surface area contributed by atoms with Gasteiger partial charge in [-0.3, -0.25) is 9.59 Å². The maximum atomic E-state index is 12.2. The minimum Gasteiger partial charge on any atom is -0.481 e. The van der Waals surface area contributed by atoms with E-state index in [4.69, 9.17) is 5.11 Å². The molecule has 1 aliphatic rings. The van der Waals surface area contributed by atoms with Gasteiger partial charge in [0.25, 0.3) is 0 Å². The molecule has 0 radical (unpaired) electrons. The largest absolute Gasteiger partial charge is 0.481 e.